The van der Waals surface area contributed by atoms with Crippen molar-refractivity contribution in [3.8, 4) is 6.07 Å². The maximum absolute atomic E-state index is 8.80. The summed E-state index contributed by atoms with van der Waals surface area (Å²) in [6.07, 6.45) is 1.57. The zero-order chi connectivity index (χ0) is 14.2. The van der Waals surface area contributed by atoms with Crippen LogP contribution in [0.5, 0.6) is 0 Å². The molecule has 20 heavy (non-hydrogen) atoms. The van der Waals surface area contributed by atoms with E-state index in [1.54, 1.807) is 12.3 Å². The van der Waals surface area contributed by atoms with Crippen LogP contribution in [0, 0.1) is 11.3 Å². The SMILES string of the molecule is CCOCc1ccccc1CNc1nccc(C#N)n1. The lowest BCUT2D eigenvalue weighted by Crippen LogP contribution is -2.07. The zero-order valence-electron chi connectivity index (χ0n) is 11.3. The Morgan fingerprint density at radius 2 is 2.05 bits per heavy atom. The monoisotopic (exact) mass is 268 g/mol. The average Bonchev–Trinajstić information content (AvgIpc) is 2.52. The van der Waals surface area contributed by atoms with Gasteiger partial charge in [-0.2, -0.15) is 5.26 Å². The molecule has 5 nitrogen and oxygen atoms in total. The lowest BCUT2D eigenvalue weighted by Gasteiger charge is -2.10. The molecule has 0 saturated carbocycles. The summed E-state index contributed by atoms with van der Waals surface area (Å²) in [6, 6.07) is 11.6. The molecule has 1 aromatic heterocycles. The lowest BCUT2D eigenvalue weighted by atomic mass is 10.1. The van der Waals surface area contributed by atoms with E-state index in [4.69, 9.17) is 10.00 Å². The molecular formula is C15H16N4O. The zero-order valence-corrected chi connectivity index (χ0v) is 11.3. The molecule has 1 N–H and O–H groups in total. The van der Waals surface area contributed by atoms with E-state index in [-0.39, 0.29) is 0 Å². The Bertz CT molecular complexity index is 607. The quantitative estimate of drug-likeness (QED) is 0.871. The number of benzene rings is 1. The lowest BCUT2D eigenvalue weighted by molar-refractivity contribution is 0.133. The Morgan fingerprint density at radius 1 is 1.25 bits per heavy atom. The number of ether oxygens (including phenoxy) is 1. The number of nitriles is 1. The molecule has 1 aromatic carbocycles. The van der Waals surface area contributed by atoms with Crippen molar-refractivity contribution in [2.45, 2.75) is 20.1 Å². The molecule has 0 atom stereocenters. The van der Waals surface area contributed by atoms with E-state index in [0.29, 0.717) is 31.4 Å². The second-order valence-electron chi connectivity index (χ2n) is 4.14. The van der Waals surface area contributed by atoms with Crippen molar-refractivity contribution in [1.82, 2.24) is 9.97 Å². The number of rotatable bonds is 6. The van der Waals surface area contributed by atoms with Crippen LogP contribution in [0.3, 0.4) is 0 Å². The number of nitrogens with zero attached hydrogens (tertiary/aromatic N) is 3. The second-order valence-corrected chi connectivity index (χ2v) is 4.14. The van der Waals surface area contributed by atoms with Crippen molar-refractivity contribution in [2.24, 2.45) is 0 Å². The third kappa shape index (κ3) is 3.77. The summed E-state index contributed by atoms with van der Waals surface area (Å²) in [5, 5.41) is 11.9. The Kier molecular flexibility index (Phi) is 5.04. The molecule has 2 rings (SSSR count). The van der Waals surface area contributed by atoms with Crippen molar-refractivity contribution in [3.63, 3.8) is 0 Å². The van der Waals surface area contributed by atoms with Crippen molar-refractivity contribution >= 4 is 5.95 Å². The molecule has 0 saturated heterocycles. The predicted molar refractivity (Wildman–Crippen MR) is 75.8 cm³/mol. The first-order valence-electron chi connectivity index (χ1n) is 6.45. The van der Waals surface area contributed by atoms with E-state index >= 15 is 0 Å². The molecule has 0 aliphatic rings. The van der Waals surface area contributed by atoms with E-state index < -0.39 is 0 Å². The van der Waals surface area contributed by atoms with E-state index in [1.165, 1.54) is 0 Å². The molecule has 0 aliphatic heterocycles. The number of hydrogen-bond donors (Lipinski definition) is 1. The largest absolute Gasteiger partial charge is 0.377 e. The van der Waals surface area contributed by atoms with Gasteiger partial charge in [-0.1, -0.05) is 24.3 Å². The Balaban J connectivity index is 2.05. The molecule has 0 amide bonds. The normalized spacial score (nSPS) is 10.0. The van der Waals surface area contributed by atoms with Crippen LogP contribution in [0.25, 0.3) is 0 Å². The van der Waals surface area contributed by atoms with Gasteiger partial charge in [0.25, 0.3) is 0 Å². The first-order chi connectivity index (χ1) is 9.83. The van der Waals surface area contributed by atoms with Gasteiger partial charge in [-0.3, -0.25) is 0 Å². The highest BCUT2D eigenvalue weighted by Crippen LogP contribution is 2.12. The van der Waals surface area contributed by atoms with Crippen LogP contribution < -0.4 is 5.32 Å². The molecule has 1 heterocycles. The molecule has 2 aromatic rings. The third-order valence-corrected chi connectivity index (χ3v) is 2.79. The number of aromatic nitrogens is 2. The van der Waals surface area contributed by atoms with Gasteiger partial charge in [0.15, 0.2) is 0 Å². The van der Waals surface area contributed by atoms with Crippen molar-refractivity contribution in [1.29, 1.82) is 5.26 Å². The van der Waals surface area contributed by atoms with Gasteiger partial charge in [0.2, 0.25) is 5.95 Å². The van der Waals surface area contributed by atoms with Gasteiger partial charge in [0.05, 0.1) is 6.61 Å². The van der Waals surface area contributed by atoms with Crippen LogP contribution in [0.1, 0.15) is 23.7 Å². The van der Waals surface area contributed by atoms with E-state index in [0.717, 1.165) is 11.1 Å². The molecule has 0 radical (unpaired) electrons. The van der Waals surface area contributed by atoms with Crippen LogP contribution in [0.4, 0.5) is 5.95 Å². The highest BCUT2D eigenvalue weighted by Gasteiger charge is 2.03. The molecular weight excluding hydrogens is 252 g/mol. The smallest absolute Gasteiger partial charge is 0.224 e. The molecule has 102 valence electrons. The van der Waals surface area contributed by atoms with Gasteiger partial charge >= 0.3 is 0 Å². The fourth-order valence-electron chi connectivity index (χ4n) is 1.76. The number of nitrogens with one attached hydrogen (secondary N) is 1. The maximum atomic E-state index is 8.80. The van der Waals surface area contributed by atoms with Crippen LogP contribution in [0.15, 0.2) is 36.5 Å². The summed E-state index contributed by atoms with van der Waals surface area (Å²) in [7, 11) is 0. The molecule has 0 bridgehead atoms. The molecule has 0 aliphatic carbocycles. The fourth-order valence-corrected chi connectivity index (χ4v) is 1.76. The fraction of sp³-hybridized carbons (Fsp3) is 0.267. The van der Waals surface area contributed by atoms with Crippen LogP contribution in [-0.2, 0) is 17.9 Å². The van der Waals surface area contributed by atoms with Crippen LogP contribution in [-0.4, -0.2) is 16.6 Å². The highest BCUT2D eigenvalue weighted by atomic mass is 16.5. The van der Waals surface area contributed by atoms with E-state index in [1.807, 2.05) is 37.3 Å². The van der Waals surface area contributed by atoms with Gasteiger partial charge < -0.3 is 10.1 Å². The topological polar surface area (TPSA) is 70.8 Å². The summed E-state index contributed by atoms with van der Waals surface area (Å²) in [4.78, 5) is 8.17. The van der Waals surface area contributed by atoms with Crippen molar-refractivity contribution in [2.75, 3.05) is 11.9 Å². The van der Waals surface area contributed by atoms with Gasteiger partial charge in [-0.05, 0) is 24.1 Å². The minimum atomic E-state index is 0.352. The summed E-state index contributed by atoms with van der Waals surface area (Å²) in [5.74, 6) is 0.454. The van der Waals surface area contributed by atoms with E-state index in [9.17, 15) is 0 Å². The second kappa shape index (κ2) is 7.22. The van der Waals surface area contributed by atoms with Gasteiger partial charge in [0, 0.05) is 19.3 Å². The van der Waals surface area contributed by atoms with Gasteiger partial charge in [-0.15, -0.1) is 0 Å². The van der Waals surface area contributed by atoms with Gasteiger partial charge in [-0.25, -0.2) is 9.97 Å². The number of hydrogen-bond acceptors (Lipinski definition) is 5. The molecule has 0 spiro atoms. The first kappa shape index (κ1) is 14.0. The third-order valence-electron chi connectivity index (χ3n) is 2.79. The maximum Gasteiger partial charge on any atom is 0.224 e. The average molecular weight is 268 g/mol. The van der Waals surface area contributed by atoms with Gasteiger partial charge in [0.1, 0.15) is 11.8 Å². The number of anilines is 1. The predicted octanol–water partition coefficient (Wildman–Crippen LogP) is 2.50. The first-order valence-corrected chi connectivity index (χ1v) is 6.45. The van der Waals surface area contributed by atoms with Crippen molar-refractivity contribution < 1.29 is 4.74 Å². The molecule has 5 heteroatoms. The van der Waals surface area contributed by atoms with Crippen molar-refractivity contribution in [3.05, 3.63) is 53.3 Å². The summed E-state index contributed by atoms with van der Waals surface area (Å²) in [5.41, 5.74) is 2.62. The van der Waals surface area contributed by atoms with Crippen LogP contribution in [0.2, 0.25) is 0 Å². The highest BCUT2D eigenvalue weighted by molar-refractivity contribution is 5.34. The molecule has 0 unspecified atom stereocenters. The summed E-state index contributed by atoms with van der Waals surface area (Å²) >= 11 is 0. The Labute approximate surface area is 118 Å². The minimum Gasteiger partial charge on any atom is -0.377 e. The van der Waals surface area contributed by atoms with E-state index in [2.05, 4.69) is 15.3 Å². The molecule has 0 fully saturated rings. The Hall–Kier alpha value is -2.45. The summed E-state index contributed by atoms with van der Waals surface area (Å²) < 4.78 is 5.45. The standard InChI is InChI=1S/C15H16N4O/c1-2-20-11-13-6-4-3-5-12(13)10-18-15-17-8-7-14(9-16)19-15/h3-8H,2,10-11H2,1H3,(H,17,18,19). The Morgan fingerprint density at radius 3 is 2.80 bits per heavy atom. The summed E-state index contributed by atoms with van der Waals surface area (Å²) in [6.45, 7) is 3.85. The minimum absolute atomic E-state index is 0.352. The van der Waals surface area contributed by atoms with Crippen LogP contribution >= 0.6 is 0 Å².